The zero-order valence-electron chi connectivity index (χ0n) is 16.4. The number of carbonyl (C=O) groups is 1. The van der Waals surface area contributed by atoms with Crippen LogP contribution in [-0.2, 0) is 0 Å². The van der Waals surface area contributed by atoms with E-state index >= 15 is 0 Å². The van der Waals surface area contributed by atoms with Gasteiger partial charge in [0.15, 0.2) is 0 Å². The normalized spacial score (nSPS) is 26.8. The Morgan fingerprint density at radius 1 is 1.14 bits per heavy atom. The van der Waals surface area contributed by atoms with Gasteiger partial charge in [-0.15, -0.1) is 0 Å². The van der Waals surface area contributed by atoms with E-state index in [1.165, 1.54) is 18.6 Å². The average Bonchev–Trinajstić information content (AvgIpc) is 3.22. The van der Waals surface area contributed by atoms with Gasteiger partial charge in [0.05, 0.1) is 12.1 Å². The van der Waals surface area contributed by atoms with E-state index in [0.29, 0.717) is 11.6 Å². The number of benzene rings is 1. The van der Waals surface area contributed by atoms with Crippen LogP contribution in [0, 0.1) is 23.6 Å². The molecule has 4 heteroatoms. The summed E-state index contributed by atoms with van der Waals surface area (Å²) < 4.78 is 13.3. The second kappa shape index (κ2) is 7.67. The van der Waals surface area contributed by atoms with Crippen LogP contribution in [0.15, 0.2) is 59.8 Å². The Balaban J connectivity index is 1.64. The van der Waals surface area contributed by atoms with Crippen molar-refractivity contribution in [2.24, 2.45) is 5.92 Å². The Morgan fingerprint density at radius 3 is 2.79 bits per heavy atom. The SMILES string of the molecule is CC1CC=CC(C#Cc2cccc(F)c2)=CC=C1N1C(=O)N(C)C2CCCC21. The highest BCUT2D eigenvalue weighted by atomic mass is 19.1. The van der Waals surface area contributed by atoms with Gasteiger partial charge in [-0.25, -0.2) is 9.18 Å². The van der Waals surface area contributed by atoms with Gasteiger partial charge in [-0.05, 0) is 56.0 Å². The van der Waals surface area contributed by atoms with Gasteiger partial charge < -0.3 is 4.90 Å². The minimum absolute atomic E-state index is 0.109. The molecule has 0 radical (unpaired) electrons. The van der Waals surface area contributed by atoms with E-state index < -0.39 is 0 Å². The number of urea groups is 1. The molecule has 2 fully saturated rings. The molecule has 4 rings (SSSR count). The number of rotatable bonds is 1. The lowest BCUT2D eigenvalue weighted by Crippen LogP contribution is -2.35. The molecule has 2 aliphatic carbocycles. The molecule has 1 aromatic rings. The summed E-state index contributed by atoms with van der Waals surface area (Å²) in [6, 6.07) is 7.03. The maximum atomic E-state index is 13.3. The van der Waals surface area contributed by atoms with Crippen LogP contribution in [0.1, 0.15) is 38.2 Å². The van der Waals surface area contributed by atoms with Gasteiger partial charge >= 0.3 is 6.03 Å². The fraction of sp³-hybridized carbons (Fsp3) is 0.375. The van der Waals surface area contributed by atoms with E-state index in [1.54, 1.807) is 12.1 Å². The zero-order chi connectivity index (χ0) is 19.7. The summed E-state index contributed by atoms with van der Waals surface area (Å²) in [7, 11) is 1.92. The van der Waals surface area contributed by atoms with Gasteiger partial charge in [-0.3, -0.25) is 4.90 Å². The average molecular weight is 376 g/mol. The van der Waals surface area contributed by atoms with Crippen LogP contribution in [0.25, 0.3) is 0 Å². The van der Waals surface area contributed by atoms with Gasteiger partial charge in [-0.2, -0.15) is 0 Å². The maximum Gasteiger partial charge on any atom is 0.324 e. The number of halogens is 1. The second-order valence-electron chi connectivity index (χ2n) is 7.84. The predicted molar refractivity (Wildman–Crippen MR) is 109 cm³/mol. The standard InChI is InChI=1S/C24H25FN2O/c1-17-6-3-7-18(12-13-19-8-4-9-20(25)16-19)14-15-21(17)27-23-11-5-10-22(23)26(2)24(27)28/h3-4,7-9,14-17,22-23H,5-6,10-11H2,1-2H3. The first-order valence-corrected chi connectivity index (χ1v) is 9.96. The summed E-state index contributed by atoms with van der Waals surface area (Å²) in [4.78, 5) is 16.8. The molecular weight excluding hydrogens is 351 g/mol. The molecule has 0 bridgehead atoms. The summed E-state index contributed by atoms with van der Waals surface area (Å²) in [5.74, 6) is 6.13. The van der Waals surface area contributed by atoms with E-state index in [0.717, 1.165) is 30.5 Å². The van der Waals surface area contributed by atoms with Crippen molar-refractivity contribution in [1.29, 1.82) is 0 Å². The number of allylic oxidation sites excluding steroid dienone is 6. The van der Waals surface area contributed by atoms with Crippen LogP contribution in [0.3, 0.4) is 0 Å². The molecule has 28 heavy (non-hydrogen) atoms. The van der Waals surface area contributed by atoms with Crippen LogP contribution >= 0.6 is 0 Å². The molecule has 3 unspecified atom stereocenters. The number of carbonyl (C=O) groups excluding carboxylic acids is 1. The van der Waals surface area contributed by atoms with Crippen molar-refractivity contribution in [2.75, 3.05) is 7.05 Å². The third-order valence-electron chi connectivity index (χ3n) is 5.96. The number of nitrogens with zero attached hydrogens (tertiary/aromatic N) is 2. The lowest BCUT2D eigenvalue weighted by atomic mass is 9.97. The summed E-state index contributed by atoms with van der Waals surface area (Å²) in [5.41, 5.74) is 2.58. The first-order valence-electron chi connectivity index (χ1n) is 9.96. The molecule has 0 aromatic heterocycles. The highest BCUT2D eigenvalue weighted by Crippen LogP contribution is 2.39. The number of fused-ring (bicyclic) bond motifs is 1. The quantitative estimate of drug-likeness (QED) is 0.641. The van der Waals surface area contributed by atoms with Crippen molar-refractivity contribution < 1.29 is 9.18 Å². The highest BCUT2D eigenvalue weighted by Gasteiger charge is 2.47. The molecule has 144 valence electrons. The fourth-order valence-corrected chi connectivity index (χ4v) is 4.46. The van der Waals surface area contributed by atoms with Crippen LogP contribution in [0.4, 0.5) is 9.18 Å². The first-order chi connectivity index (χ1) is 13.5. The number of amides is 2. The Labute approximate surface area is 166 Å². The van der Waals surface area contributed by atoms with Crippen LogP contribution in [-0.4, -0.2) is 35.0 Å². The van der Waals surface area contributed by atoms with Crippen molar-refractivity contribution in [1.82, 2.24) is 9.80 Å². The molecule has 1 saturated heterocycles. The molecule has 1 heterocycles. The molecule has 1 aliphatic heterocycles. The molecule has 3 aliphatic rings. The van der Waals surface area contributed by atoms with Gasteiger partial charge in [0.1, 0.15) is 5.82 Å². The Kier molecular flexibility index (Phi) is 5.09. The molecule has 1 saturated carbocycles. The maximum absolute atomic E-state index is 13.3. The predicted octanol–water partition coefficient (Wildman–Crippen LogP) is 4.87. The van der Waals surface area contributed by atoms with Gasteiger partial charge in [0.2, 0.25) is 0 Å². The fourth-order valence-electron chi connectivity index (χ4n) is 4.46. The van der Waals surface area contributed by atoms with Crippen LogP contribution in [0.5, 0.6) is 0 Å². The summed E-state index contributed by atoms with van der Waals surface area (Å²) in [6.07, 6.45) is 12.3. The first kappa shape index (κ1) is 18.6. The molecule has 1 aromatic carbocycles. The van der Waals surface area contributed by atoms with E-state index in [9.17, 15) is 9.18 Å². The van der Waals surface area contributed by atoms with Crippen molar-refractivity contribution in [2.45, 2.75) is 44.7 Å². The number of hydrogen-bond donors (Lipinski definition) is 0. The third kappa shape index (κ3) is 3.49. The highest BCUT2D eigenvalue weighted by molar-refractivity contribution is 5.80. The molecule has 3 nitrogen and oxygen atoms in total. The molecule has 0 N–H and O–H groups in total. The van der Waals surface area contributed by atoms with Crippen molar-refractivity contribution >= 4 is 6.03 Å². The summed E-state index contributed by atoms with van der Waals surface area (Å²) in [6.45, 7) is 2.17. The largest absolute Gasteiger partial charge is 0.324 e. The van der Waals surface area contributed by atoms with Crippen LogP contribution < -0.4 is 0 Å². The second-order valence-corrected chi connectivity index (χ2v) is 7.84. The summed E-state index contributed by atoms with van der Waals surface area (Å²) in [5, 5.41) is 0. The Hall–Kier alpha value is -2.80. The van der Waals surface area contributed by atoms with Gasteiger partial charge in [0.25, 0.3) is 0 Å². The minimum atomic E-state index is -0.284. The van der Waals surface area contributed by atoms with Crippen molar-refractivity contribution in [3.05, 3.63) is 71.2 Å². The van der Waals surface area contributed by atoms with Gasteiger partial charge in [0, 0.05) is 29.8 Å². The minimum Gasteiger partial charge on any atom is -0.322 e. The third-order valence-corrected chi connectivity index (χ3v) is 5.96. The number of likely N-dealkylation sites (N-methyl/N-ethyl adjacent to an activating group) is 1. The van der Waals surface area contributed by atoms with E-state index in [2.05, 4.69) is 30.9 Å². The van der Waals surface area contributed by atoms with Crippen molar-refractivity contribution in [3.8, 4) is 11.8 Å². The molecular formula is C24H25FN2O. The van der Waals surface area contributed by atoms with E-state index in [1.807, 2.05) is 29.0 Å². The Morgan fingerprint density at radius 2 is 1.96 bits per heavy atom. The Bertz CT molecular complexity index is 933. The van der Waals surface area contributed by atoms with E-state index in [-0.39, 0.29) is 23.8 Å². The monoisotopic (exact) mass is 376 g/mol. The van der Waals surface area contributed by atoms with Crippen LogP contribution in [0.2, 0.25) is 0 Å². The van der Waals surface area contributed by atoms with Crippen molar-refractivity contribution in [3.63, 3.8) is 0 Å². The molecule has 0 spiro atoms. The summed E-state index contributed by atoms with van der Waals surface area (Å²) >= 11 is 0. The number of hydrogen-bond acceptors (Lipinski definition) is 1. The lowest BCUT2D eigenvalue weighted by Gasteiger charge is -2.29. The van der Waals surface area contributed by atoms with Gasteiger partial charge in [-0.1, -0.05) is 37.0 Å². The van der Waals surface area contributed by atoms with E-state index in [4.69, 9.17) is 0 Å². The molecule has 3 atom stereocenters. The zero-order valence-corrected chi connectivity index (χ0v) is 16.4. The lowest BCUT2D eigenvalue weighted by molar-refractivity contribution is 0.194. The smallest absolute Gasteiger partial charge is 0.322 e. The topological polar surface area (TPSA) is 23.6 Å². The molecule has 2 amide bonds.